The van der Waals surface area contributed by atoms with Gasteiger partial charge in [0, 0.05) is 18.0 Å². The van der Waals surface area contributed by atoms with E-state index in [0.717, 1.165) is 5.82 Å². The van der Waals surface area contributed by atoms with Gasteiger partial charge in [0.05, 0.1) is 12.1 Å². The largest absolute Gasteiger partial charge is 0.288 e. The van der Waals surface area contributed by atoms with E-state index in [1.807, 2.05) is 6.92 Å². The highest BCUT2D eigenvalue weighted by Gasteiger charge is 2.08. The second kappa shape index (κ2) is 3.98. The highest BCUT2D eigenvalue weighted by Crippen LogP contribution is 2.16. The molecule has 0 atom stereocenters. The second-order valence-electron chi connectivity index (χ2n) is 3.11. The van der Waals surface area contributed by atoms with Gasteiger partial charge < -0.3 is 0 Å². The maximum absolute atomic E-state index is 12.9. The SMILES string of the molecule is Cc1nccn1-c1ncc(F)cc1CCl. The summed E-state index contributed by atoms with van der Waals surface area (Å²) in [4.78, 5) is 8.09. The van der Waals surface area contributed by atoms with E-state index in [1.165, 1.54) is 12.3 Å². The topological polar surface area (TPSA) is 30.7 Å². The van der Waals surface area contributed by atoms with Crippen LogP contribution in [0.15, 0.2) is 24.7 Å². The predicted octanol–water partition coefficient (Wildman–Crippen LogP) is 2.45. The molecule has 0 fully saturated rings. The molecular weight excluding hydrogens is 217 g/mol. The molecule has 2 aromatic heterocycles. The molecule has 0 radical (unpaired) electrons. The minimum Gasteiger partial charge on any atom is -0.288 e. The molecule has 0 amide bonds. The summed E-state index contributed by atoms with van der Waals surface area (Å²) in [5.74, 6) is 1.26. The predicted molar refractivity (Wildman–Crippen MR) is 55.6 cm³/mol. The van der Waals surface area contributed by atoms with Crippen LogP contribution in [0.5, 0.6) is 0 Å². The van der Waals surface area contributed by atoms with Crippen molar-refractivity contribution in [3.63, 3.8) is 0 Å². The van der Waals surface area contributed by atoms with E-state index < -0.39 is 0 Å². The van der Waals surface area contributed by atoms with Crippen molar-refractivity contribution in [3.05, 3.63) is 41.9 Å². The van der Waals surface area contributed by atoms with Crippen molar-refractivity contribution in [2.45, 2.75) is 12.8 Å². The summed E-state index contributed by atoms with van der Waals surface area (Å²) >= 11 is 5.73. The summed E-state index contributed by atoms with van der Waals surface area (Å²) in [5.41, 5.74) is 0.651. The van der Waals surface area contributed by atoms with Crippen LogP contribution in [0.25, 0.3) is 5.82 Å². The first-order valence-electron chi connectivity index (χ1n) is 4.43. The van der Waals surface area contributed by atoms with Crippen LogP contribution < -0.4 is 0 Å². The van der Waals surface area contributed by atoms with Gasteiger partial charge >= 0.3 is 0 Å². The van der Waals surface area contributed by atoms with Crippen molar-refractivity contribution >= 4 is 11.6 Å². The van der Waals surface area contributed by atoms with Gasteiger partial charge in [-0.1, -0.05) is 0 Å². The molecule has 0 aromatic carbocycles. The number of alkyl halides is 1. The summed E-state index contributed by atoms with van der Waals surface area (Å²) in [7, 11) is 0. The van der Waals surface area contributed by atoms with E-state index in [1.54, 1.807) is 17.0 Å². The van der Waals surface area contributed by atoms with Crippen LogP contribution >= 0.6 is 11.6 Å². The summed E-state index contributed by atoms with van der Waals surface area (Å²) in [6.07, 6.45) is 4.61. The fourth-order valence-corrected chi connectivity index (χ4v) is 1.59. The summed E-state index contributed by atoms with van der Waals surface area (Å²) in [5, 5.41) is 0. The van der Waals surface area contributed by atoms with Gasteiger partial charge in [-0.2, -0.15) is 0 Å². The van der Waals surface area contributed by atoms with Gasteiger partial charge in [-0.3, -0.25) is 4.57 Å². The number of aryl methyl sites for hydroxylation is 1. The molecule has 0 saturated heterocycles. The molecule has 0 spiro atoms. The van der Waals surface area contributed by atoms with Crippen LogP contribution in [0.4, 0.5) is 4.39 Å². The first-order valence-corrected chi connectivity index (χ1v) is 4.96. The number of nitrogens with zero attached hydrogens (tertiary/aromatic N) is 3. The van der Waals surface area contributed by atoms with E-state index in [4.69, 9.17) is 11.6 Å². The average molecular weight is 226 g/mol. The third-order valence-corrected chi connectivity index (χ3v) is 2.40. The lowest BCUT2D eigenvalue weighted by Gasteiger charge is -2.08. The van der Waals surface area contributed by atoms with Crippen LogP contribution in [0.3, 0.4) is 0 Å². The number of hydrogen-bond acceptors (Lipinski definition) is 2. The van der Waals surface area contributed by atoms with Gasteiger partial charge in [0.2, 0.25) is 0 Å². The molecule has 5 heteroatoms. The molecule has 3 nitrogen and oxygen atoms in total. The first-order chi connectivity index (χ1) is 7.22. The summed E-state index contributed by atoms with van der Waals surface area (Å²) in [6, 6.07) is 1.38. The fourth-order valence-electron chi connectivity index (χ4n) is 1.39. The zero-order chi connectivity index (χ0) is 10.8. The monoisotopic (exact) mass is 225 g/mol. The zero-order valence-electron chi connectivity index (χ0n) is 8.11. The van der Waals surface area contributed by atoms with E-state index in [-0.39, 0.29) is 11.7 Å². The fraction of sp³-hybridized carbons (Fsp3) is 0.200. The number of halogens is 2. The third kappa shape index (κ3) is 1.85. The molecule has 0 saturated carbocycles. The van der Waals surface area contributed by atoms with Gasteiger partial charge in [-0.25, -0.2) is 14.4 Å². The van der Waals surface area contributed by atoms with E-state index in [2.05, 4.69) is 9.97 Å². The van der Waals surface area contributed by atoms with Gasteiger partial charge in [-0.05, 0) is 13.0 Å². The second-order valence-corrected chi connectivity index (χ2v) is 3.38. The first kappa shape index (κ1) is 10.1. The minimum absolute atomic E-state index is 0.220. The van der Waals surface area contributed by atoms with Crippen LogP contribution in [0, 0.1) is 12.7 Å². The van der Waals surface area contributed by atoms with Crippen molar-refractivity contribution < 1.29 is 4.39 Å². The quantitative estimate of drug-likeness (QED) is 0.735. The molecule has 2 heterocycles. The van der Waals surface area contributed by atoms with Gasteiger partial charge in [0.15, 0.2) is 0 Å². The normalized spacial score (nSPS) is 10.6. The van der Waals surface area contributed by atoms with E-state index in [9.17, 15) is 4.39 Å². The van der Waals surface area contributed by atoms with E-state index >= 15 is 0 Å². The summed E-state index contributed by atoms with van der Waals surface area (Å²) in [6.45, 7) is 1.85. The molecule has 0 aliphatic rings. The number of rotatable bonds is 2. The minimum atomic E-state index is -0.382. The van der Waals surface area contributed by atoms with Crippen molar-refractivity contribution in [3.8, 4) is 5.82 Å². The van der Waals surface area contributed by atoms with Gasteiger partial charge in [0.1, 0.15) is 17.5 Å². The molecule has 0 bridgehead atoms. The average Bonchev–Trinajstić information content (AvgIpc) is 2.64. The Morgan fingerprint density at radius 3 is 2.87 bits per heavy atom. The van der Waals surface area contributed by atoms with Crippen molar-refractivity contribution in [1.82, 2.24) is 14.5 Å². The Morgan fingerprint density at radius 1 is 1.47 bits per heavy atom. The molecule has 78 valence electrons. The van der Waals surface area contributed by atoms with Crippen LogP contribution in [0.1, 0.15) is 11.4 Å². The highest BCUT2D eigenvalue weighted by atomic mass is 35.5. The number of pyridine rings is 1. The van der Waals surface area contributed by atoms with Gasteiger partial charge in [0.25, 0.3) is 0 Å². The maximum atomic E-state index is 12.9. The molecule has 2 aromatic rings. The standard InChI is InChI=1S/C10H9ClFN3/c1-7-13-2-3-15(7)10-8(5-11)4-9(12)6-14-10/h2-4,6H,5H2,1H3. The molecule has 0 unspecified atom stereocenters. The van der Waals surface area contributed by atoms with Crippen molar-refractivity contribution in [2.24, 2.45) is 0 Å². The lowest BCUT2D eigenvalue weighted by molar-refractivity contribution is 0.618. The lowest BCUT2D eigenvalue weighted by atomic mass is 10.3. The Balaban J connectivity index is 2.58. The number of aromatic nitrogens is 3. The van der Waals surface area contributed by atoms with Crippen LogP contribution in [0.2, 0.25) is 0 Å². The Hall–Kier alpha value is -1.42. The van der Waals surface area contributed by atoms with Crippen molar-refractivity contribution in [2.75, 3.05) is 0 Å². The van der Waals surface area contributed by atoms with Crippen molar-refractivity contribution in [1.29, 1.82) is 0 Å². The Kier molecular flexibility index (Phi) is 2.68. The van der Waals surface area contributed by atoms with Crippen LogP contribution in [-0.2, 0) is 5.88 Å². The summed E-state index contributed by atoms with van der Waals surface area (Å²) < 4.78 is 14.7. The Labute approximate surface area is 91.5 Å². The lowest BCUT2D eigenvalue weighted by Crippen LogP contribution is -2.03. The maximum Gasteiger partial charge on any atom is 0.142 e. The zero-order valence-corrected chi connectivity index (χ0v) is 8.87. The molecule has 2 rings (SSSR count). The molecule has 15 heavy (non-hydrogen) atoms. The third-order valence-electron chi connectivity index (χ3n) is 2.11. The number of hydrogen-bond donors (Lipinski definition) is 0. The molecule has 0 aliphatic carbocycles. The smallest absolute Gasteiger partial charge is 0.142 e. The molecule has 0 aliphatic heterocycles. The van der Waals surface area contributed by atoms with Crippen LogP contribution in [-0.4, -0.2) is 14.5 Å². The molecule has 0 N–H and O–H groups in total. The Morgan fingerprint density at radius 2 is 2.27 bits per heavy atom. The Bertz CT molecular complexity index is 481. The highest BCUT2D eigenvalue weighted by molar-refractivity contribution is 6.17. The van der Waals surface area contributed by atoms with Gasteiger partial charge in [-0.15, -0.1) is 11.6 Å². The number of imidazole rings is 1. The molecular formula is C10H9ClFN3. The van der Waals surface area contributed by atoms with E-state index in [0.29, 0.717) is 11.4 Å².